The Bertz CT molecular complexity index is 534. The van der Waals surface area contributed by atoms with E-state index in [0.717, 1.165) is 17.7 Å². The maximum absolute atomic E-state index is 12.6. The number of nitrogens with zero attached hydrogens (tertiary/aromatic N) is 1. The quantitative estimate of drug-likeness (QED) is 0.801. The molecule has 0 saturated carbocycles. The minimum atomic E-state index is -0.0635. The van der Waals surface area contributed by atoms with Gasteiger partial charge in [0, 0.05) is 13.0 Å². The van der Waals surface area contributed by atoms with Crippen molar-refractivity contribution in [3.05, 3.63) is 71.8 Å². The molecule has 0 saturated heterocycles. The van der Waals surface area contributed by atoms with Gasteiger partial charge in [-0.1, -0.05) is 60.7 Å². The fraction of sp³-hybridized carbons (Fsp3) is 0.278. The molecule has 0 fully saturated rings. The monoisotopic (exact) mass is 267 g/mol. The minimum Gasteiger partial charge on any atom is -0.308 e. The van der Waals surface area contributed by atoms with E-state index >= 15 is 0 Å². The number of rotatable bonds is 6. The van der Waals surface area contributed by atoms with Crippen LogP contribution in [0.2, 0.25) is 0 Å². The SMILES string of the molecule is CN(C)C[C@@H](C(=O)Cc1ccccc1)c1ccccc1. The second kappa shape index (κ2) is 7.01. The number of hydrogen-bond donors (Lipinski definition) is 0. The zero-order valence-corrected chi connectivity index (χ0v) is 12.1. The van der Waals surface area contributed by atoms with Gasteiger partial charge in [0.25, 0.3) is 0 Å². The zero-order chi connectivity index (χ0) is 14.4. The summed E-state index contributed by atoms with van der Waals surface area (Å²) in [6, 6.07) is 20.0. The molecule has 0 N–H and O–H groups in total. The van der Waals surface area contributed by atoms with Crippen LogP contribution in [0.4, 0.5) is 0 Å². The van der Waals surface area contributed by atoms with Crippen molar-refractivity contribution in [1.29, 1.82) is 0 Å². The predicted molar refractivity (Wildman–Crippen MR) is 82.9 cm³/mol. The van der Waals surface area contributed by atoms with Crippen molar-refractivity contribution >= 4 is 5.78 Å². The van der Waals surface area contributed by atoms with Gasteiger partial charge in [-0.3, -0.25) is 4.79 Å². The number of likely N-dealkylation sites (N-methyl/N-ethyl adjacent to an activating group) is 1. The van der Waals surface area contributed by atoms with Crippen molar-refractivity contribution in [2.45, 2.75) is 12.3 Å². The molecule has 2 heteroatoms. The van der Waals surface area contributed by atoms with E-state index in [4.69, 9.17) is 0 Å². The molecule has 20 heavy (non-hydrogen) atoms. The third kappa shape index (κ3) is 4.04. The molecular formula is C18H21NO. The molecule has 0 aliphatic rings. The molecule has 0 amide bonds. The van der Waals surface area contributed by atoms with Crippen LogP contribution in [-0.4, -0.2) is 31.3 Å². The Kier molecular flexibility index (Phi) is 5.08. The van der Waals surface area contributed by atoms with Gasteiger partial charge < -0.3 is 4.90 Å². The standard InChI is InChI=1S/C18H21NO/c1-19(2)14-17(16-11-7-4-8-12-16)18(20)13-15-9-5-3-6-10-15/h3-12,17H,13-14H2,1-2H3/t17-/m1/s1. The first-order valence-electron chi connectivity index (χ1n) is 6.93. The molecule has 0 aliphatic carbocycles. The van der Waals surface area contributed by atoms with Crippen LogP contribution in [0.3, 0.4) is 0 Å². The maximum Gasteiger partial charge on any atom is 0.145 e. The number of hydrogen-bond acceptors (Lipinski definition) is 2. The smallest absolute Gasteiger partial charge is 0.145 e. The van der Waals surface area contributed by atoms with Crippen molar-refractivity contribution in [3.63, 3.8) is 0 Å². The molecule has 104 valence electrons. The van der Waals surface area contributed by atoms with Crippen molar-refractivity contribution in [2.75, 3.05) is 20.6 Å². The van der Waals surface area contributed by atoms with Crippen molar-refractivity contribution < 1.29 is 4.79 Å². The molecule has 0 unspecified atom stereocenters. The fourth-order valence-corrected chi connectivity index (χ4v) is 2.36. The summed E-state index contributed by atoms with van der Waals surface area (Å²) in [5.41, 5.74) is 2.18. The first-order chi connectivity index (χ1) is 9.66. The van der Waals surface area contributed by atoms with E-state index in [2.05, 4.69) is 4.90 Å². The fourth-order valence-electron chi connectivity index (χ4n) is 2.36. The summed E-state index contributed by atoms with van der Waals surface area (Å²) in [6.45, 7) is 0.746. The Hall–Kier alpha value is -1.93. The van der Waals surface area contributed by atoms with E-state index in [1.165, 1.54) is 0 Å². The molecule has 0 bridgehead atoms. The Morgan fingerprint density at radius 2 is 1.50 bits per heavy atom. The molecule has 1 atom stereocenters. The molecule has 2 nitrogen and oxygen atoms in total. The Balaban J connectivity index is 2.16. The minimum absolute atomic E-state index is 0.0635. The molecular weight excluding hydrogens is 246 g/mol. The molecule has 2 aromatic rings. The van der Waals surface area contributed by atoms with Gasteiger partial charge in [0.2, 0.25) is 0 Å². The Morgan fingerprint density at radius 3 is 2.05 bits per heavy atom. The summed E-state index contributed by atoms with van der Waals surface area (Å²) in [5.74, 6) is 0.211. The van der Waals surface area contributed by atoms with Crippen molar-refractivity contribution in [3.8, 4) is 0 Å². The summed E-state index contributed by atoms with van der Waals surface area (Å²) < 4.78 is 0. The Labute approximate surface area is 121 Å². The first-order valence-corrected chi connectivity index (χ1v) is 6.93. The molecule has 0 aliphatic heterocycles. The lowest BCUT2D eigenvalue weighted by atomic mass is 9.90. The van der Waals surface area contributed by atoms with Crippen LogP contribution in [0.15, 0.2) is 60.7 Å². The van der Waals surface area contributed by atoms with E-state index in [1.807, 2.05) is 74.8 Å². The summed E-state index contributed by atoms with van der Waals surface area (Å²) in [4.78, 5) is 14.7. The molecule has 2 rings (SSSR count). The van der Waals surface area contributed by atoms with Gasteiger partial charge in [-0.05, 0) is 25.2 Å². The lowest BCUT2D eigenvalue weighted by Crippen LogP contribution is -2.27. The average Bonchev–Trinajstić information content (AvgIpc) is 2.46. The van der Waals surface area contributed by atoms with Gasteiger partial charge in [0.05, 0.1) is 5.92 Å². The van der Waals surface area contributed by atoms with E-state index in [-0.39, 0.29) is 11.7 Å². The number of benzene rings is 2. The second-order valence-electron chi connectivity index (χ2n) is 5.35. The summed E-state index contributed by atoms with van der Waals surface area (Å²) in [6.07, 6.45) is 0.494. The highest BCUT2D eigenvalue weighted by Gasteiger charge is 2.21. The van der Waals surface area contributed by atoms with E-state index in [0.29, 0.717) is 6.42 Å². The molecule has 0 radical (unpaired) electrons. The van der Waals surface area contributed by atoms with E-state index in [9.17, 15) is 4.79 Å². The van der Waals surface area contributed by atoms with Crippen LogP contribution in [0.25, 0.3) is 0 Å². The van der Waals surface area contributed by atoms with E-state index in [1.54, 1.807) is 0 Å². The van der Waals surface area contributed by atoms with Crippen molar-refractivity contribution in [1.82, 2.24) is 4.90 Å². The van der Waals surface area contributed by atoms with Crippen LogP contribution >= 0.6 is 0 Å². The van der Waals surface area contributed by atoms with Gasteiger partial charge in [-0.15, -0.1) is 0 Å². The largest absolute Gasteiger partial charge is 0.308 e. The number of carbonyl (C=O) groups is 1. The highest BCUT2D eigenvalue weighted by atomic mass is 16.1. The van der Waals surface area contributed by atoms with Gasteiger partial charge in [0.15, 0.2) is 0 Å². The summed E-state index contributed by atoms with van der Waals surface area (Å²) in [5, 5.41) is 0. The van der Waals surface area contributed by atoms with Gasteiger partial charge >= 0.3 is 0 Å². The number of Topliss-reactive ketones (excluding diaryl/α,β-unsaturated/α-hetero) is 1. The normalized spacial score (nSPS) is 12.3. The van der Waals surface area contributed by atoms with Crippen LogP contribution in [0, 0.1) is 0 Å². The predicted octanol–water partition coefficient (Wildman–Crippen LogP) is 3.14. The van der Waals surface area contributed by atoms with Crippen LogP contribution in [0.5, 0.6) is 0 Å². The summed E-state index contributed by atoms with van der Waals surface area (Å²) >= 11 is 0. The zero-order valence-electron chi connectivity index (χ0n) is 12.1. The van der Waals surface area contributed by atoms with Gasteiger partial charge in [-0.2, -0.15) is 0 Å². The third-order valence-corrected chi connectivity index (χ3v) is 3.36. The topological polar surface area (TPSA) is 20.3 Å². The maximum atomic E-state index is 12.6. The molecule has 0 spiro atoms. The third-order valence-electron chi connectivity index (χ3n) is 3.36. The van der Waals surface area contributed by atoms with E-state index < -0.39 is 0 Å². The second-order valence-corrected chi connectivity index (χ2v) is 5.35. The summed E-state index contributed by atoms with van der Waals surface area (Å²) in [7, 11) is 4.01. The van der Waals surface area contributed by atoms with Crippen molar-refractivity contribution in [2.24, 2.45) is 0 Å². The Morgan fingerprint density at radius 1 is 0.950 bits per heavy atom. The lowest BCUT2D eigenvalue weighted by Gasteiger charge is -2.20. The molecule has 2 aromatic carbocycles. The lowest BCUT2D eigenvalue weighted by molar-refractivity contribution is -0.120. The highest BCUT2D eigenvalue weighted by Crippen LogP contribution is 2.19. The number of carbonyl (C=O) groups excluding carboxylic acids is 1. The van der Waals surface area contributed by atoms with Crippen LogP contribution in [0.1, 0.15) is 17.0 Å². The van der Waals surface area contributed by atoms with Gasteiger partial charge in [0.1, 0.15) is 5.78 Å². The van der Waals surface area contributed by atoms with Crippen LogP contribution < -0.4 is 0 Å². The molecule has 0 aromatic heterocycles. The van der Waals surface area contributed by atoms with Gasteiger partial charge in [-0.25, -0.2) is 0 Å². The molecule has 0 heterocycles. The highest BCUT2D eigenvalue weighted by molar-refractivity contribution is 5.87. The first kappa shape index (κ1) is 14.5. The number of ketones is 1. The van der Waals surface area contributed by atoms with Crippen LogP contribution in [-0.2, 0) is 11.2 Å². The average molecular weight is 267 g/mol.